The van der Waals surface area contributed by atoms with Crippen LogP contribution in [0.1, 0.15) is 62.3 Å². The van der Waals surface area contributed by atoms with Gasteiger partial charge in [-0.15, -0.1) is 0 Å². The molecular weight excluding hydrogens is 838 g/mol. The molecule has 0 aliphatic rings. The van der Waals surface area contributed by atoms with Gasteiger partial charge < -0.3 is 15.3 Å². The monoisotopic (exact) mass is 872 g/mol. The van der Waals surface area contributed by atoms with Gasteiger partial charge >= 0.3 is 0 Å². The van der Waals surface area contributed by atoms with E-state index in [1.807, 2.05) is 0 Å². The van der Waals surface area contributed by atoms with Gasteiger partial charge in [0.1, 0.15) is 0 Å². The third-order valence-corrected chi connectivity index (χ3v) is 0. The van der Waals surface area contributed by atoms with Gasteiger partial charge in [-0.3, -0.25) is 0 Å². The summed E-state index contributed by atoms with van der Waals surface area (Å²) in [5.74, 6) is 0. The number of hydrogen-bond donors (Lipinski definition) is 3. The van der Waals surface area contributed by atoms with Gasteiger partial charge in [0, 0.05) is 102 Å². The van der Waals surface area contributed by atoms with Gasteiger partial charge in [-0.1, -0.05) is 0 Å². The van der Waals surface area contributed by atoms with Crippen molar-refractivity contribution in [1.29, 1.82) is 0 Å². The second-order valence-electron chi connectivity index (χ2n) is 6.51. The first kappa shape index (κ1) is 43.2. The molecule has 0 aromatic heterocycles. The van der Waals surface area contributed by atoms with E-state index in [1.54, 1.807) is 62.3 Å². The fourth-order valence-electron chi connectivity index (χ4n) is 0. The first-order chi connectivity index (χ1) is 6.00. The first-order valence-corrected chi connectivity index (χ1v) is 5.17. The van der Waals surface area contributed by atoms with E-state index in [-0.39, 0.29) is 102 Å². The molecule has 110 valence electrons. The molecule has 10 radical (unpaired) electrons. The van der Waals surface area contributed by atoms with Crippen LogP contribution in [0.25, 0.3) is 0 Å². The Kier molecular flexibility index (Phi) is 44.1. The number of aliphatic hydroxyl groups is 3. The van der Waals surface area contributed by atoms with Crippen molar-refractivity contribution < 1.29 is 15.3 Å². The fourth-order valence-corrected chi connectivity index (χ4v) is 0. The molecule has 0 saturated carbocycles. The molecule has 0 aliphatic heterocycles. The zero-order valence-electron chi connectivity index (χ0n) is 14.0. The van der Waals surface area contributed by atoms with Gasteiger partial charge in [0.2, 0.25) is 0 Å². The van der Waals surface area contributed by atoms with Crippen LogP contribution in [0.3, 0.4) is 0 Å². The van der Waals surface area contributed by atoms with Crippen molar-refractivity contribution >= 4 is 102 Å². The maximum Gasteiger partial charge on any atom is 0.0563 e. The summed E-state index contributed by atoms with van der Waals surface area (Å²) in [5.41, 5.74) is -1.50. The fraction of sp³-hybridized carbons (Fsp3) is 1.00. The van der Waals surface area contributed by atoms with Crippen molar-refractivity contribution in [1.82, 2.24) is 0 Å². The van der Waals surface area contributed by atoms with Crippen LogP contribution < -0.4 is 0 Å². The Morgan fingerprint density at radius 3 is 0.421 bits per heavy atom. The third kappa shape index (κ3) is 721. The van der Waals surface area contributed by atoms with Crippen LogP contribution in [0.2, 0.25) is 0 Å². The molecule has 3 nitrogen and oxygen atoms in total. The van der Waals surface area contributed by atoms with Gasteiger partial charge in [0.25, 0.3) is 0 Å². The zero-order chi connectivity index (χ0) is 13.5. The average molecular weight is 869 g/mol. The summed E-state index contributed by atoms with van der Waals surface area (Å²) in [7, 11) is 0. The van der Waals surface area contributed by atoms with E-state index < -0.39 is 16.8 Å². The topological polar surface area (TPSA) is 60.7 Å². The minimum absolute atomic E-state index is 0. The molecule has 0 aromatic carbocycles. The molecule has 0 rings (SSSR count). The normalized spacial score (nSPS) is 9.47. The van der Waals surface area contributed by atoms with Crippen LogP contribution in [0.15, 0.2) is 0 Å². The van der Waals surface area contributed by atoms with Crippen LogP contribution in [0, 0.1) is 0 Å². The van der Waals surface area contributed by atoms with Crippen LogP contribution in [-0.4, -0.2) is 135 Å². The van der Waals surface area contributed by atoms with Gasteiger partial charge in [0.15, 0.2) is 0 Å². The Balaban J connectivity index is -0.0000000206. The van der Waals surface area contributed by atoms with Gasteiger partial charge in [-0.25, -0.2) is 0 Å². The maximum absolute atomic E-state index is 8.52. The van der Waals surface area contributed by atoms with E-state index in [0.717, 1.165) is 0 Å². The summed E-state index contributed by atoms with van der Waals surface area (Å²) in [6, 6.07) is 0. The molecule has 0 heterocycles. The molecule has 0 fully saturated rings. The van der Waals surface area contributed by atoms with Crippen molar-refractivity contribution in [3.8, 4) is 0 Å². The van der Waals surface area contributed by atoms with Crippen LogP contribution in [-0.2, 0) is 0 Å². The van der Waals surface area contributed by atoms with E-state index in [4.69, 9.17) is 15.3 Å². The van der Waals surface area contributed by atoms with Crippen molar-refractivity contribution in [2.45, 2.75) is 79.1 Å². The Bertz CT molecular complexity index is 104. The van der Waals surface area contributed by atoms with Crippen LogP contribution in [0.4, 0.5) is 0 Å². The maximum atomic E-state index is 8.52. The standard InChI is InChI=1S/3C4H10O.2Sn.2Tl/c3*1-4(2,3)5;;;;/h3*5H,1-3H3;;;;. The van der Waals surface area contributed by atoms with E-state index in [9.17, 15) is 0 Å². The Hall–Kier alpha value is 3.32. The molecule has 19 heavy (non-hydrogen) atoms. The zero-order valence-corrected chi connectivity index (χ0v) is 28.7. The predicted octanol–water partition coefficient (Wildman–Crippen LogP) is 0.808. The van der Waals surface area contributed by atoms with E-state index >= 15 is 0 Å². The molecule has 7 heteroatoms. The molecule has 0 bridgehead atoms. The third-order valence-electron chi connectivity index (χ3n) is 0. The quantitative estimate of drug-likeness (QED) is 0.317. The second kappa shape index (κ2) is 19.4. The summed E-state index contributed by atoms with van der Waals surface area (Å²) in [6.45, 7) is 15.7. The Morgan fingerprint density at radius 2 is 0.421 bits per heavy atom. The summed E-state index contributed by atoms with van der Waals surface area (Å²) in [5, 5.41) is 25.6. The predicted molar refractivity (Wildman–Crippen MR) is 88.9 cm³/mol. The van der Waals surface area contributed by atoms with Crippen LogP contribution in [0.5, 0.6) is 0 Å². The molecule has 0 saturated heterocycles. The van der Waals surface area contributed by atoms with Crippen molar-refractivity contribution in [2.24, 2.45) is 0 Å². The molecule has 0 unspecified atom stereocenters. The Labute approximate surface area is 194 Å². The Morgan fingerprint density at radius 1 is 0.421 bits per heavy atom. The smallest absolute Gasteiger partial charge is 0.0563 e. The van der Waals surface area contributed by atoms with Gasteiger partial charge in [-0.05, 0) is 62.3 Å². The molecule has 3 N–H and O–H groups in total. The largest absolute Gasteiger partial charge is 0.391 e. The summed E-state index contributed by atoms with van der Waals surface area (Å²) < 4.78 is 0. The summed E-state index contributed by atoms with van der Waals surface area (Å²) >= 11 is 0. The molecule has 0 aliphatic carbocycles. The van der Waals surface area contributed by atoms with E-state index in [2.05, 4.69) is 0 Å². The van der Waals surface area contributed by atoms with Crippen molar-refractivity contribution in [3.05, 3.63) is 0 Å². The number of rotatable bonds is 0. The van der Waals surface area contributed by atoms with E-state index in [1.165, 1.54) is 0 Å². The SMILES string of the molecule is CC(C)(C)O.CC(C)(C)O.CC(C)(C)O.[Sn].[Sn].[Tl].[Tl]. The van der Waals surface area contributed by atoms with Crippen LogP contribution >= 0.6 is 0 Å². The molecule has 0 amide bonds. The van der Waals surface area contributed by atoms with Gasteiger partial charge in [-0.2, -0.15) is 0 Å². The summed E-state index contributed by atoms with van der Waals surface area (Å²) in [6.07, 6.45) is 0. The van der Waals surface area contributed by atoms with E-state index in [0.29, 0.717) is 0 Å². The van der Waals surface area contributed by atoms with Crippen molar-refractivity contribution in [3.63, 3.8) is 0 Å². The minimum Gasteiger partial charge on any atom is -0.391 e. The molecule has 0 atom stereocenters. The number of hydrogen-bond acceptors (Lipinski definition) is 3. The molecule has 0 aromatic rings. The molecular formula is C12H30O3Sn2Tl2. The summed E-state index contributed by atoms with van der Waals surface area (Å²) in [4.78, 5) is 0. The van der Waals surface area contributed by atoms with Gasteiger partial charge in [0.05, 0.1) is 16.8 Å². The second-order valence-corrected chi connectivity index (χ2v) is 6.51. The molecule has 0 spiro atoms. The average Bonchev–Trinajstić information content (AvgIpc) is 1.41. The van der Waals surface area contributed by atoms with Crippen molar-refractivity contribution in [2.75, 3.05) is 0 Å². The first-order valence-electron chi connectivity index (χ1n) is 5.17. The minimum atomic E-state index is -0.500.